The molecule has 1 aromatic rings. The Balaban J connectivity index is 2.36. The number of aliphatic hydroxyl groups excluding tert-OH is 1. The number of nitrogens with one attached hydrogen (secondary N) is 2. The molecular weight excluding hydrogens is 398 g/mol. The van der Waals surface area contributed by atoms with Gasteiger partial charge in [-0.05, 0) is 59.9 Å². The summed E-state index contributed by atoms with van der Waals surface area (Å²) in [5.41, 5.74) is 0.908. The van der Waals surface area contributed by atoms with Gasteiger partial charge in [-0.2, -0.15) is 0 Å². The predicted molar refractivity (Wildman–Crippen MR) is 117 cm³/mol. The lowest BCUT2D eigenvalue weighted by Gasteiger charge is -2.34. The van der Waals surface area contributed by atoms with Gasteiger partial charge in [-0.15, -0.1) is 0 Å². The summed E-state index contributed by atoms with van der Waals surface area (Å²) in [5.74, 6) is -0.809. The highest BCUT2D eigenvalue weighted by atomic mass is 16.6. The van der Waals surface area contributed by atoms with Gasteiger partial charge in [-0.3, -0.25) is 9.59 Å². The lowest BCUT2D eigenvalue weighted by atomic mass is 10.0. The maximum Gasteiger partial charge on any atom is 0.408 e. The van der Waals surface area contributed by atoms with E-state index in [1.54, 1.807) is 20.8 Å². The first-order valence-electron chi connectivity index (χ1n) is 10.7. The maximum atomic E-state index is 13.5. The molecule has 1 aliphatic rings. The smallest absolute Gasteiger partial charge is 0.408 e. The number of rotatable bonds is 8. The molecule has 1 aliphatic carbocycles. The number of aliphatic hydroxyl groups is 1. The zero-order chi connectivity index (χ0) is 23.3. The number of amides is 3. The molecule has 2 unspecified atom stereocenters. The fourth-order valence-corrected chi connectivity index (χ4v) is 3.33. The van der Waals surface area contributed by atoms with E-state index >= 15 is 0 Å². The Kier molecular flexibility index (Phi) is 8.06. The number of benzene rings is 1. The van der Waals surface area contributed by atoms with E-state index in [4.69, 9.17) is 4.74 Å². The van der Waals surface area contributed by atoms with Crippen LogP contribution in [0.1, 0.15) is 64.6 Å². The third-order valence-electron chi connectivity index (χ3n) is 4.68. The van der Waals surface area contributed by atoms with E-state index < -0.39 is 36.3 Å². The summed E-state index contributed by atoms with van der Waals surface area (Å²) in [5, 5.41) is 15.2. The van der Waals surface area contributed by atoms with Crippen molar-refractivity contribution in [1.82, 2.24) is 15.5 Å². The molecule has 31 heavy (non-hydrogen) atoms. The van der Waals surface area contributed by atoms with Crippen molar-refractivity contribution in [3.63, 3.8) is 0 Å². The molecule has 0 aliphatic heterocycles. The molecule has 0 spiro atoms. The average molecular weight is 434 g/mol. The molecule has 172 valence electrons. The molecule has 0 radical (unpaired) electrons. The highest BCUT2D eigenvalue weighted by Crippen LogP contribution is 2.35. The Morgan fingerprint density at radius 2 is 1.84 bits per heavy atom. The second-order valence-corrected chi connectivity index (χ2v) is 9.34. The summed E-state index contributed by atoms with van der Waals surface area (Å²) in [6, 6.07) is 5.14. The molecule has 0 saturated heterocycles. The quantitative estimate of drug-likeness (QED) is 0.584. The first kappa shape index (κ1) is 24.7. The van der Waals surface area contributed by atoms with E-state index in [1.807, 2.05) is 45.0 Å². The Morgan fingerprint density at radius 3 is 2.32 bits per heavy atom. The van der Waals surface area contributed by atoms with Crippen LogP contribution in [0.2, 0.25) is 0 Å². The molecule has 1 fully saturated rings. The first-order valence-corrected chi connectivity index (χ1v) is 10.7. The van der Waals surface area contributed by atoms with Crippen LogP contribution in [0.15, 0.2) is 24.3 Å². The molecule has 3 amide bonds. The van der Waals surface area contributed by atoms with Gasteiger partial charge in [0.1, 0.15) is 17.7 Å². The number of hydrogen-bond acceptors (Lipinski definition) is 5. The number of nitrogens with zero attached hydrogens (tertiary/aromatic N) is 1. The van der Waals surface area contributed by atoms with Crippen molar-refractivity contribution in [2.45, 2.75) is 84.2 Å². The van der Waals surface area contributed by atoms with Gasteiger partial charge in [0, 0.05) is 12.1 Å². The third-order valence-corrected chi connectivity index (χ3v) is 4.68. The van der Waals surface area contributed by atoms with Gasteiger partial charge in [-0.1, -0.05) is 29.8 Å². The average Bonchev–Trinajstić information content (AvgIpc) is 3.46. The molecule has 0 bridgehead atoms. The van der Waals surface area contributed by atoms with Crippen LogP contribution in [0.5, 0.6) is 0 Å². The summed E-state index contributed by atoms with van der Waals surface area (Å²) < 4.78 is 5.23. The highest BCUT2D eigenvalue weighted by Gasteiger charge is 2.44. The Morgan fingerprint density at radius 1 is 1.19 bits per heavy atom. The summed E-state index contributed by atoms with van der Waals surface area (Å²) in [6.45, 7) is 10.2. The van der Waals surface area contributed by atoms with Gasteiger partial charge in [0.25, 0.3) is 0 Å². The van der Waals surface area contributed by atoms with E-state index in [1.165, 1.54) is 4.90 Å². The molecule has 2 atom stereocenters. The fraction of sp³-hybridized carbons (Fsp3) is 0.609. The minimum Gasteiger partial charge on any atom is -0.444 e. The highest BCUT2D eigenvalue weighted by molar-refractivity contribution is 5.92. The van der Waals surface area contributed by atoms with Crippen molar-refractivity contribution in [2.75, 3.05) is 6.61 Å². The number of ether oxygens (including phenoxy) is 1. The molecule has 8 heteroatoms. The summed E-state index contributed by atoms with van der Waals surface area (Å²) in [6.07, 6.45) is 0.718. The molecule has 1 saturated carbocycles. The van der Waals surface area contributed by atoms with E-state index in [2.05, 4.69) is 10.6 Å². The van der Waals surface area contributed by atoms with E-state index in [0.29, 0.717) is 5.56 Å². The third kappa shape index (κ3) is 7.24. The van der Waals surface area contributed by atoms with E-state index in [0.717, 1.165) is 18.4 Å². The van der Waals surface area contributed by atoms with Gasteiger partial charge in [0.2, 0.25) is 11.8 Å². The lowest BCUT2D eigenvalue weighted by Crippen LogP contribution is -2.55. The van der Waals surface area contributed by atoms with Crippen molar-refractivity contribution in [2.24, 2.45) is 0 Å². The second-order valence-electron chi connectivity index (χ2n) is 9.34. The van der Waals surface area contributed by atoms with Crippen molar-refractivity contribution >= 4 is 17.9 Å². The largest absolute Gasteiger partial charge is 0.444 e. The van der Waals surface area contributed by atoms with Gasteiger partial charge in [-0.25, -0.2) is 4.79 Å². The Hall–Kier alpha value is -2.61. The molecule has 0 heterocycles. The number of carbonyl (C=O) groups excluding carboxylic acids is 3. The van der Waals surface area contributed by atoms with Crippen LogP contribution < -0.4 is 10.6 Å². The molecule has 3 N–H and O–H groups in total. The molecule has 8 nitrogen and oxygen atoms in total. The van der Waals surface area contributed by atoms with Crippen LogP contribution in [-0.2, 0) is 14.3 Å². The predicted octanol–water partition coefficient (Wildman–Crippen LogP) is 2.44. The van der Waals surface area contributed by atoms with Gasteiger partial charge < -0.3 is 25.4 Å². The number of hydrogen-bond donors (Lipinski definition) is 3. The van der Waals surface area contributed by atoms with E-state index in [9.17, 15) is 19.5 Å². The van der Waals surface area contributed by atoms with Crippen molar-refractivity contribution in [3.8, 4) is 0 Å². The van der Waals surface area contributed by atoms with Crippen LogP contribution >= 0.6 is 0 Å². The van der Waals surface area contributed by atoms with Crippen molar-refractivity contribution in [1.29, 1.82) is 0 Å². The molecule has 2 rings (SSSR count). The number of carbonyl (C=O) groups is 3. The molecule has 1 aromatic carbocycles. The van der Waals surface area contributed by atoms with Crippen LogP contribution in [0.25, 0.3) is 0 Å². The molecular formula is C23H35N3O5. The van der Waals surface area contributed by atoms with Gasteiger partial charge in [0.15, 0.2) is 0 Å². The standard InChI is InChI=1S/C23H35N3O5/c1-14(2)24-20(28)19(16-9-7-8-15(3)12-16)26(17-10-11-17)21(29)18(13-27)25-22(30)31-23(4,5)6/h7-9,12,14,17-19,27H,10-11,13H2,1-6H3,(H,24,28)(H,25,30). The summed E-state index contributed by atoms with van der Waals surface area (Å²) in [7, 11) is 0. The normalized spacial score (nSPS) is 15.7. The monoisotopic (exact) mass is 433 g/mol. The minimum absolute atomic E-state index is 0.107. The van der Waals surface area contributed by atoms with Crippen LogP contribution in [0.4, 0.5) is 4.79 Å². The Bertz CT molecular complexity index is 799. The lowest BCUT2D eigenvalue weighted by molar-refractivity contribution is -0.144. The van der Waals surface area contributed by atoms with Crippen molar-refractivity contribution < 1.29 is 24.2 Å². The zero-order valence-corrected chi connectivity index (χ0v) is 19.3. The fourth-order valence-electron chi connectivity index (χ4n) is 3.33. The topological polar surface area (TPSA) is 108 Å². The van der Waals surface area contributed by atoms with Crippen LogP contribution in [0, 0.1) is 6.92 Å². The second kappa shape index (κ2) is 10.1. The summed E-state index contributed by atoms with van der Waals surface area (Å²) in [4.78, 5) is 40.4. The van der Waals surface area contributed by atoms with Gasteiger partial charge >= 0.3 is 6.09 Å². The zero-order valence-electron chi connectivity index (χ0n) is 19.3. The Labute approximate surface area is 184 Å². The van der Waals surface area contributed by atoms with Crippen LogP contribution in [-0.4, -0.2) is 58.2 Å². The van der Waals surface area contributed by atoms with Crippen LogP contribution in [0.3, 0.4) is 0 Å². The molecule has 0 aromatic heterocycles. The first-order chi connectivity index (χ1) is 14.4. The number of alkyl carbamates (subject to hydrolysis) is 1. The van der Waals surface area contributed by atoms with E-state index in [-0.39, 0.29) is 18.0 Å². The SMILES string of the molecule is Cc1cccc(C(C(=O)NC(C)C)N(C(=O)C(CO)NC(=O)OC(C)(C)C)C2CC2)c1. The number of aryl methyl sites for hydroxylation is 1. The van der Waals surface area contributed by atoms with Crippen molar-refractivity contribution in [3.05, 3.63) is 35.4 Å². The minimum atomic E-state index is -1.21. The summed E-state index contributed by atoms with van der Waals surface area (Å²) >= 11 is 0. The van der Waals surface area contributed by atoms with Gasteiger partial charge in [0.05, 0.1) is 6.61 Å². The maximum absolute atomic E-state index is 13.5.